The Balaban J connectivity index is 2.23. The molecule has 1 amide bonds. The van der Waals surface area contributed by atoms with Gasteiger partial charge in [-0.3, -0.25) is 0 Å². The lowest BCUT2D eigenvalue weighted by Crippen LogP contribution is -2.27. The molecule has 0 saturated heterocycles. The molecule has 0 aliphatic heterocycles. The van der Waals surface area contributed by atoms with Gasteiger partial charge in [0.1, 0.15) is 6.61 Å². The van der Waals surface area contributed by atoms with E-state index in [0.717, 1.165) is 5.56 Å². The van der Waals surface area contributed by atoms with E-state index >= 15 is 0 Å². The Kier molecular flexibility index (Phi) is 4.68. The Hall–Kier alpha value is -1.51. The van der Waals surface area contributed by atoms with Crippen molar-refractivity contribution in [3.05, 3.63) is 35.9 Å². The third-order valence-corrected chi connectivity index (χ3v) is 1.87. The molecular formula is C12H17NO2. The van der Waals surface area contributed by atoms with Crippen LogP contribution in [0, 0.1) is 5.92 Å². The van der Waals surface area contributed by atoms with E-state index in [2.05, 4.69) is 5.32 Å². The number of rotatable bonds is 4. The molecule has 3 nitrogen and oxygen atoms in total. The summed E-state index contributed by atoms with van der Waals surface area (Å²) in [5.74, 6) is 0.439. The van der Waals surface area contributed by atoms with E-state index in [-0.39, 0.29) is 6.09 Å². The average Bonchev–Trinajstić information content (AvgIpc) is 2.25. The molecule has 0 saturated carbocycles. The number of ether oxygens (including phenoxy) is 1. The molecular weight excluding hydrogens is 190 g/mol. The fraction of sp³-hybridized carbons (Fsp3) is 0.417. The lowest BCUT2D eigenvalue weighted by molar-refractivity contribution is 0.138. The Bertz CT molecular complexity index is 296. The molecule has 3 heteroatoms. The van der Waals surface area contributed by atoms with E-state index in [4.69, 9.17) is 4.74 Å². The van der Waals surface area contributed by atoms with Crippen LogP contribution in [0.4, 0.5) is 4.79 Å². The van der Waals surface area contributed by atoms with E-state index in [1.807, 2.05) is 44.2 Å². The van der Waals surface area contributed by atoms with Gasteiger partial charge < -0.3 is 10.1 Å². The largest absolute Gasteiger partial charge is 0.445 e. The zero-order chi connectivity index (χ0) is 11.1. The highest BCUT2D eigenvalue weighted by Gasteiger charge is 2.02. The van der Waals surface area contributed by atoms with Crippen LogP contribution in [-0.2, 0) is 11.3 Å². The van der Waals surface area contributed by atoms with Crippen LogP contribution in [0.2, 0.25) is 0 Å². The average molecular weight is 207 g/mol. The highest BCUT2D eigenvalue weighted by molar-refractivity contribution is 5.67. The number of carbonyl (C=O) groups excluding carboxylic acids is 1. The molecule has 0 unspecified atom stereocenters. The van der Waals surface area contributed by atoms with Gasteiger partial charge in [-0.25, -0.2) is 4.79 Å². The van der Waals surface area contributed by atoms with Crippen LogP contribution in [0.3, 0.4) is 0 Å². The summed E-state index contributed by atoms with van der Waals surface area (Å²) in [7, 11) is 0. The predicted octanol–water partition coefficient (Wildman–Crippen LogP) is 2.57. The maximum absolute atomic E-state index is 11.2. The van der Waals surface area contributed by atoms with E-state index in [1.54, 1.807) is 0 Å². The molecule has 1 N–H and O–H groups in total. The van der Waals surface area contributed by atoms with Crippen LogP contribution in [-0.4, -0.2) is 12.6 Å². The monoisotopic (exact) mass is 207 g/mol. The highest BCUT2D eigenvalue weighted by Crippen LogP contribution is 2.00. The summed E-state index contributed by atoms with van der Waals surface area (Å²) in [6, 6.07) is 9.63. The molecule has 1 aromatic rings. The molecule has 0 bridgehead atoms. The smallest absolute Gasteiger partial charge is 0.407 e. The molecule has 0 heterocycles. The molecule has 0 aromatic heterocycles. The van der Waals surface area contributed by atoms with Crippen molar-refractivity contribution < 1.29 is 9.53 Å². The van der Waals surface area contributed by atoms with Gasteiger partial charge in [-0.15, -0.1) is 0 Å². The third kappa shape index (κ3) is 5.05. The van der Waals surface area contributed by atoms with Gasteiger partial charge >= 0.3 is 6.09 Å². The van der Waals surface area contributed by atoms with E-state index in [0.29, 0.717) is 19.1 Å². The van der Waals surface area contributed by atoms with Gasteiger partial charge in [-0.1, -0.05) is 44.2 Å². The molecule has 0 fully saturated rings. The maximum atomic E-state index is 11.2. The van der Waals surface area contributed by atoms with Gasteiger partial charge in [-0.2, -0.15) is 0 Å². The highest BCUT2D eigenvalue weighted by atomic mass is 16.5. The lowest BCUT2D eigenvalue weighted by Gasteiger charge is -2.08. The summed E-state index contributed by atoms with van der Waals surface area (Å²) in [5, 5.41) is 2.69. The van der Waals surface area contributed by atoms with E-state index < -0.39 is 0 Å². The molecule has 82 valence electrons. The first kappa shape index (κ1) is 11.6. The standard InChI is InChI=1S/C12H17NO2/c1-10(2)8-13-12(14)15-9-11-6-4-3-5-7-11/h3-7,10H,8-9H2,1-2H3,(H,13,14). The lowest BCUT2D eigenvalue weighted by atomic mass is 10.2. The second-order valence-electron chi connectivity index (χ2n) is 3.84. The molecule has 1 aromatic carbocycles. The summed E-state index contributed by atoms with van der Waals surface area (Å²) in [6.07, 6.45) is -0.354. The van der Waals surface area contributed by atoms with Crippen LogP contribution in [0.1, 0.15) is 19.4 Å². The molecule has 15 heavy (non-hydrogen) atoms. The summed E-state index contributed by atoms with van der Waals surface area (Å²) >= 11 is 0. The number of alkyl carbamates (subject to hydrolysis) is 1. The van der Waals surface area contributed by atoms with Gasteiger partial charge in [0.25, 0.3) is 0 Å². The Morgan fingerprint density at radius 1 is 1.33 bits per heavy atom. The summed E-state index contributed by atoms with van der Waals surface area (Å²) in [4.78, 5) is 11.2. The minimum absolute atomic E-state index is 0.324. The first-order valence-corrected chi connectivity index (χ1v) is 5.13. The van der Waals surface area contributed by atoms with Gasteiger partial charge in [0, 0.05) is 6.54 Å². The minimum Gasteiger partial charge on any atom is -0.445 e. The van der Waals surface area contributed by atoms with Crippen molar-refractivity contribution in [2.75, 3.05) is 6.54 Å². The SMILES string of the molecule is CC(C)CNC(=O)OCc1ccccc1. The van der Waals surface area contributed by atoms with Gasteiger partial charge in [-0.05, 0) is 11.5 Å². The van der Waals surface area contributed by atoms with Crippen molar-refractivity contribution in [1.82, 2.24) is 5.32 Å². The Labute approximate surface area is 90.4 Å². The van der Waals surface area contributed by atoms with Crippen molar-refractivity contribution in [3.8, 4) is 0 Å². The minimum atomic E-state index is -0.354. The summed E-state index contributed by atoms with van der Waals surface area (Å²) in [5.41, 5.74) is 0.997. The number of nitrogens with one attached hydrogen (secondary N) is 1. The summed E-state index contributed by atoms with van der Waals surface area (Å²) in [6.45, 7) is 5.05. The molecule has 0 aliphatic carbocycles. The van der Waals surface area contributed by atoms with E-state index in [1.165, 1.54) is 0 Å². The van der Waals surface area contributed by atoms with Crippen molar-refractivity contribution in [1.29, 1.82) is 0 Å². The summed E-state index contributed by atoms with van der Waals surface area (Å²) < 4.78 is 5.03. The van der Waals surface area contributed by atoms with E-state index in [9.17, 15) is 4.79 Å². The molecule has 0 spiro atoms. The third-order valence-electron chi connectivity index (χ3n) is 1.87. The van der Waals surface area contributed by atoms with Crippen molar-refractivity contribution in [2.24, 2.45) is 5.92 Å². The Morgan fingerprint density at radius 2 is 2.00 bits per heavy atom. The van der Waals surface area contributed by atoms with Crippen LogP contribution in [0.25, 0.3) is 0 Å². The zero-order valence-corrected chi connectivity index (χ0v) is 9.19. The first-order chi connectivity index (χ1) is 7.18. The van der Waals surface area contributed by atoms with Crippen molar-refractivity contribution >= 4 is 6.09 Å². The first-order valence-electron chi connectivity index (χ1n) is 5.13. The second kappa shape index (κ2) is 6.06. The van der Waals surface area contributed by atoms with Crippen LogP contribution < -0.4 is 5.32 Å². The topological polar surface area (TPSA) is 38.3 Å². The van der Waals surface area contributed by atoms with Crippen molar-refractivity contribution in [2.45, 2.75) is 20.5 Å². The number of benzene rings is 1. The van der Waals surface area contributed by atoms with Crippen LogP contribution >= 0.6 is 0 Å². The quantitative estimate of drug-likeness (QED) is 0.824. The van der Waals surface area contributed by atoms with Crippen LogP contribution in [0.15, 0.2) is 30.3 Å². The van der Waals surface area contributed by atoms with Gasteiger partial charge in [0.05, 0.1) is 0 Å². The van der Waals surface area contributed by atoms with Gasteiger partial charge in [0.2, 0.25) is 0 Å². The van der Waals surface area contributed by atoms with Crippen molar-refractivity contribution in [3.63, 3.8) is 0 Å². The molecule has 0 radical (unpaired) electrons. The Morgan fingerprint density at radius 3 is 2.60 bits per heavy atom. The number of hydrogen-bond acceptors (Lipinski definition) is 2. The fourth-order valence-electron chi connectivity index (χ4n) is 1.06. The maximum Gasteiger partial charge on any atom is 0.407 e. The van der Waals surface area contributed by atoms with Gasteiger partial charge in [0.15, 0.2) is 0 Å². The molecule has 0 aliphatic rings. The van der Waals surface area contributed by atoms with Crippen LogP contribution in [0.5, 0.6) is 0 Å². The normalized spacial score (nSPS) is 10.1. The second-order valence-corrected chi connectivity index (χ2v) is 3.84. The predicted molar refractivity (Wildman–Crippen MR) is 59.5 cm³/mol. The number of hydrogen-bond donors (Lipinski definition) is 1. The fourth-order valence-corrected chi connectivity index (χ4v) is 1.06. The number of carbonyl (C=O) groups is 1. The molecule has 1 rings (SSSR count). The zero-order valence-electron chi connectivity index (χ0n) is 9.19. The number of amides is 1. The molecule has 0 atom stereocenters.